The van der Waals surface area contributed by atoms with Crippen LogP contribution in [0, 0.1) is 0 Å². The summed E-state index contributed by atoms with van der Waals surface area (Å²) in [4.78, 5) is 0. The average Bonchev–Trinajstić information content (AvgIpc) is 2.16. The second-order valence-corrected chi connectivity index (χ2v) is 3.87. The lowest BCUT2D eigenvalue weighted by Crippen LogP contribution is -2.28. The van der Waals surface area contributed by atoms with Gasteiger partial charge in [0.2, 0.25) is 0 Å². The highest BCUT2D eigenvalue weighted by Crippen LogP contribution is 2.15. The molecular weight excluding hydrogens is 230 g/mol. The van der Waals surface area contributed by atoms with Gasteiger partial charge in [0.05, 0.1) is 0 Å². The zero-order valence-corrected chi connectivity index (χ0v) is 9.47. The van der Waals surface area contributed by atoms with E-state index in [0.29, 0.717) is 12.6 Å². The Labute approximate surface area is 87.4 Å². The molecule has 2 nitrogen and oxygen atoms in total. The Hall–Kier alpha value is -0.540. The van der Waals surface area contributed by atoms with E-state index in [-0.39, 0.29) is 0 Å². The van der Waals surface area contributed by atoms with Crippen LogP contribution < -0.4 is 10.1 Å². The molecule has 0 aliphatic heterocycles. The van der Waals surface area contributed by atoms with Crippen molar-refractivity contribution < 1.29 is 4.74 Å². The summed E-state index contributed by atoms with van der Waals surface area (Å²) in [6.45, 7) is 2.77. The fourth-order valence-corrected chi connectivity index (χ4v) is 1.10. The van der Waals surface area contributed by atoms with E-state index in [9.17, 15) is 0 Å². The van der Waals surface area contributed by atoms with Crippen LogP contribution in [0.15, 0.2) is 28.7 Å². The number of halogens is 1. The standard InChI is InChI=1S/C10H14BrNO/c1-8(12-2)7-13-10-5-3-9(11)4-6-10/h3-6,8,12H,7H2,1-2H3/t8-/m1/s1. The molecule has 1 aromatic carbocycles. The highest BCUT2D eigenvalue weighted by Gasteiger charge is 1.98. The molecule has 0 aliphatic rings. The third-order valence-corrected chi connectivity index (χ3v) is 2.34. The van der Waals surface area contributed by atoms with Gasteiger partial charge in [-0.15, -0.1) is 0 Å². The number of nitrogens with one attached hydrogen (secondary N) is 1. The first-order chi connectivity index (χ1) is 6.22. The number of rotatable bonds is 4. The van der Waals surface area contributed by atoms with Gasteiger partial charge in [0.15, 0.2) is 0 Å². The molecule has 0 bridgehead atoms. The van der Waals surface area contributed by atoms with Crippen LogP contribution in [0.3, 0.4) is 0 Å². The van der Waals surface area contributed by atoms with Crippen LogP contribution in [0.2, 0.25) is 0 Å². The van der Waals surface area contributed by atoms with Gasteiger partial charge in [-0.3, -0.25) is 0 Å². The minimum atomic E-state index is 0.378. The van der Waals surface area contributed by atoms with Crippen molar-refractivity contribution in [1.29, 1.82) is 0 Å². The van der Waals surface area contributed by atoms with E-state index < -0.39 is 0 Å². The third-order valence-electron chi connectivity index (χ3n) is 1.81. The molecule has 0 heterocycles. The normalized spacial score (nSPS) is 12.5. The topological polar surface area (TPSA) is 21.3 Å². The molecular formula is C10H14BrNO. The molecule has 1 N–H and O–H groups in total. The molecule has 0 spiro atoms. The summed E-state index contributed by atoms with van der Waals surface area (Å²) in [5.74, 6) is 0.908. The smallest absolute Gasteiger partial charge is 0.119 e. The van der Waals surface area contributed by atoms with E-state index in [1.165, 1.54) is 0 Å². The fraction of sp³-hybridized carbons (Fsp3) is 0.400. The number of hydrogen-bond donors (Lipinski definition) is 1. The molecule has 0 aromatic heterocycles. The van der Waals surface area contributed by atoms with Crippen molar-refractivity contribution in [3.05, 3.63) is 28.7 Å². The van der Waals surface area contributed by atoms with Gasteiger partial charge < -0.3 is 10.1 Å². The van der Waals surface area contributed by atoms with Gasteiger partial charge in [0.1, 0.15) is 12.4 Å². The van der Waals surface area contributed by atoms with Crippen LogP contribution in [0.25, 0.3) is 0 Å². The Bertz CT molecular complexity index is 248. The molecule has 0 amide bonds. The molecule has 0 aliphatic carbocycles. The first kappa shape index (κ1) is 10.5. The molecule has 0 radical (unpaired) electrons. The predicted molar refractivity (Wildman–Crippen MR) is 58.2 cm³/mol. The van der Waals surface area contributed by atoms with Gasteiger partial charge in [0, 0.05) is 10.5 Å². The quantitative estimate of drug-likeness (QED) is 0.878. The van der Waals surface area contributed by atoms with Crippen molar-refractivity contribution in [1.82, 2.24) is 5.32 Å². The summed E-state index contributed by atoms with van der Waals surface area (Å²) in [5, 5.41) is 3.11. The Kier molecular flexibility index (Phi) is 4.25. The maximum Gasteiger partial charge on any atom is 0.119 e. The van der Waals surface area contributed by atoms with Crippen LogP contribution in [0.4, 0.5) is 0 Å². The van der Waals surface area contributed by atoms with Gasteiger partial charge in [-0.2, -0.15) is 0 Å². The minimum absolute atomic E-state index is 0.378. The molecule has 1 atom stereocenters. The van der Waals surface area contributed by atoms with Crippen molar-refractivity contribution in [2.75, 3.05) is 13.7 Å². The monoisotopic (exact) mass is 243 g/mol. The van der Waals surface area contributed by atoms with Crippen LogP contribution in [0.5, 0.6) is 5.75 Å². The van der Waals surface area contributed by atoms with Crippen molar-refractivity contribution in [3.63, 3.8) is 0 Å². The molecule has 0 unspecified atom stereocenters. The second-order valence-electron chi connectivity index (χ2n) is 2.95. The largest absolute Gasteiger partial charge is 0.492 e. The molecule has 1 aromatic rings. The van der Waals surface area contributed by atoms with Crippen molar-refractivity contribution in [2.24, 2.45) is 0 Å². The summed E-state index contributed by atoms with van der Waals surface area (Å²) in [7, 11) is 1.93. The van der Waals surface area contributed by atoms with Crippen LogP contribution in [-0.4, -0.2) is 19.7 Å². The maximum atomic E-state index is 5.53. The lowest BCUT2D eigenvalue weighted by atomic mass is 10.3. The van der Waals surface area contributed by atoms with E-state index in [2.05, 4.69) is 28.2 Å². The zero-order chi connectivity index (χ0) is 9.68. The lowest BCUT2D eigenvalue weighted by Gasteiger charge is -2.11. The van der Waals surface area contributed by atoms with Crippen molar-refractivity contribution in [3.8, 4) is 5.75 Å². The summed E-state index contributed by atoms with van der Waals surface area (Å²) >= 11 is 3.37. The van der Waals surface area contributed by atoms with Gasteiger partial charge >= 0.3 is 0 Å². The van der Waals surface area contributed by atoms with E-state index in [4.69, 9.17) is 4.74 Å². The van der Waals surface area contributed by atoms with E-state index >= 15 is 0 Å². The third kappa shape index (κ3) is 3.79. The average molecular weight is 244 g/mol. The molecule has 0 fully saturated rings. The van der Waals surface area contributed by atoms with Crippen LogP contribution >= 0.6 is 15.9 Å². The molecule has 3 heteroatoms. The fourth-order valence-electron chi connectivity index (χ4n) is 0.835. The van der Waals surface area contributed by atoms with Gasteiger partial charge in [-0.05, 0) is 38.2 Å². The minimum Gasteiger partial charge on any atom is -0.492 e. The van der Waals surface area contributed by atoms with Gasteiger partial charge in [0.25, 0.3) is 0 Å². The van der Waals surface area contributed by atoms with Crippen molar-refractivity contribution in [2.45, 2.75) is 13.0 Å². The molecule has 0 saturated carbocycles. The first-order valence-electron chi connectivity index (χ1n) is 4.28. The summed E-state index contributed by atoms with van der Waals surface area (Å²) in [6, 6.07) is 8.22. The van der Waals surface area contributed by atoms with Gasteiger partial charge in [-0.25, -0.2) is 0 Å². The zero-order valence-electron chi connectivity index (χ0n) is 7.88. The van der Waals surface area contributed by atoms with E-state index in [1.807, 2.05) is 31.3 Å². The SMILES string of the molecule is CN[C@H](C)COc1ccc(Br)cc1. The summed E-state index contributed by atoms with van der Waals surface area (Å²) < 4.78 is 6.60. The van der Waals surface area contributed by atoms with E-state index in [1.54, 1.807) is 0 Å². The number of ether oxygens (including phenoxy) is 1. The molecule has 0 saturated heterocycles. The Morgan fingerprint density at radius 2 is 2.00 bits per heavy atom. The Morgan fingerprint density at radius 1 is 1.38 bits per heavy atom. The van der Waals surface area contributed by atoms with Crippen molar-refractivity contribution >= 4 is 15.9 Å². The lowest BCUT2D eigenvalue weighted by molar-refractivity contribution is 0.280. The summed E-state index contributed by atoms with van der Waals surface area (Å²) in [6.07, 6.45) is 0. The molecule has 13 heavy (non-hydrogen) atoms. The first-order valence-corrected chi connectivity index (χ1v) is 5.07. The van der Waals surface area contributed by atoms with Crippen LogP contribution in [0.1, 0.15) is 6.92 Å². The number of hydrogen-bond acceptors (Lipinski definition) is 2. The number of benzene rings is 1. The van der Waals surface area contributed by atoms with E-state index in [0.717, 1.165) is 10.2 Å². The molecule has 72 valence electrons. The second kappa shape index (κ2) is 5.25. The van der Waals surface area contributed by atoms with Crippen LogP contribution in [-0.2, 0) is 0 Å². The summed E-state index contributed by atoms with van der Waals surface area (Å²) in [5.41, 5.74) is 0. The molecule has 1 rings (SSSR count). The van der Waals surface area contributed by atoms with Gasteiger partial charge in [-0.1, -0.05) is 15.9 Å². The Balaban J connectivity index is 2.41. The highest BCUT2D eigenvalue weighted by molar-refractivity contribution is 9.10. The predicted octanol–water partition coefficient (Wildman–Crippen LogP) is 2.44. The maximum absolute atomic E-state index is 5.53. The Morgan fingerprint density at radius 3 is 2.54 bits per heavy atom. The highest BCUT2D eigenvalue weighted by atomic mass is 79.9. The number of likely N-dealkylation sites (N-methyl/N-ethyl adjacent to an activating group) is 1.